The van der Waals surface area contributed by atoms with Crippen molar-refractivity contribution in [1.82, 2.24) is 20.4 Å². The molecule has 1 atom stereocenters. The molecule has 1 aromatic carbocycles. The van der Waals surface area contributed by atoms with E-state index in [1.54, 1.807) is 12.1 Å². The summed E-state index contributed by atoms with van der Waals surface area (Å²) in [5, 5.41) is 5.60. The molecule has 10 nitrogen and oxygen atoms in total. The molecule has 0 aliphatic carbocycles. The summed E-state index contributed by atoms with van der Waals surface area (Å²) in [6, 6.07) is 4.54. The van der Waals surface area contributed by atoms with Crippen LogP contribution in [0, 0.1) is 0 Å². The molecule has 0 radical (unpaired) electrons. The molecule has 0 spiro atoms. The minimum Gasteiger partial charge on any atom is -0.444 e. The number of hydrogen-bond acceptors (Lipinski definition) is 6. The topological polar surface area (TPSA) is 125 Å². The first-order chi connectivity index (χ1) is 18.4. The van der Waals surface area contributed by atoms with Crippen LogP contribution in [-0.4, -0.2) is 77.3 Å². The van der Waals surface area contributed by atoms with Gasteiger partial charge in [0, 0.05) is 36.6 Å². The van der Waals surface area contributed by atoms with Gasteiger partial charge in [-0.2, -0.15) is 0 Å². The van der Waals surface area contributed by atoms with Crippen LogP contribution in [0.25, 0.3) is 0 Å². The Morgan fingerprint density at radius 1 is 1.10 bits per heavy atom. The molecule has 1 aromatic rings. The third kappa shape index (κ3) is 9.23. The quantitative estimate of drug-likeness (QED) is 0.351. The number of alkyl carbamates (subject to hydrolysis) is 1. The Bertz CT molecular complexity index is 1090. The van der Waals surface area contributed by atoms with E-state index in [1.807, 2.05) is 26.8 Å². The van der Waals surface area contributed by atoms with Crippen LogP contribution in [0.15, 0.2) is 18.2 Å². The molecule has 2 N–H and O–H groups in total. The minimum atomic E-state index is -0.684. The number of ether oxygens (including phenoxy) is 1. The van der Waals surface area contributed by atoms with Crippen molar-refractivity contribution in [2.45, 2.75) is 83.8 Å². The maximum atomic E-state index is 13.1. The minimum absolute atomic E-state index is 0.126. The highest BCUT2D eigenvalue weighted by Gasteiger charge is 2.36. The SMILES string of the molecule is CC(C)(C)OC(=O)NCCCCCCc1ccc(C(=O)N2CCN(C3CCCC(=O)NC3=O)C(=O)C2)cc1Cl. The van der Waals surface area contributed by atoms with E-state index in [9.17, 15) is 24.0 Å². The Hall–Kier alpha value is -3.14. The van der Waals surface area contributed by atoms with Gasteiger partial charge in [0.2, 0.25) is 17.7 Å². The van der Waals surface area contributed by atoms with Gasteiger partial charge in [0.25, 0.3) is 5.91 Å². The van der Waals surface area contributed by atoms with Crippen LogP contribution in [0.1, 0.15) is 81.6 Å². The van der Waals surface area contributed by atoms with E-state index in [2.05, 4.69) is 10.6 Å². The van der Waals surface area contributed by atoms with E-state index in [0.717, 1.165) is 37.7 Å². The average molecular weight is 563 g/mol. The Morgan fingerprint density at radius 2 is 1.85 bits per heavy atom. The predicted octanol–water partition coefficient (Wildman–Crippen LogP) is 3.45. The van der Waals surface area contributed by atoms with Crippen molar-refractivity contribution in [1.29, 1.82) is 0 Å². The van der Waals surface area contributed by atoms with Crippen LogP contribution in [0.3, 0.4) is 0 Å². The summed E-state index contributed by atoms with van der Waals surface area (Å²) in [7, 11) is 0. The summed E-state index contributed by atoms with van der Waals surface area (Å²) in [6.45, 7) is 6.45. The Kier molecular flexibility index (Phi) is 10.7. The zero-order valence-corrected chi connectivity index (χ0v) is 23.8. The Labute approximate surface area is 234 Å². The highest BCUT2D eigenvalue weighted by atomic mass is 35.5. The first-order valence-electron chi connectivity index (χ1n) is 13.6. The van der Waals surface area contributed by atoms with Crippen LogP contribution in [0.5, 0.6) is 0 Å². The van der Waals surface area contributed by atoms with Crippen molar-refractivity contribution >= 4 is 41.3 Å². The molecular formula is C28H39ClN4O6. The third-order valence-electron chi connectivity index (χ3n) is 6.71. The van der Waals surface area contributed by atoms with Gasteiger partial charge in [-0.15, -0.1) is 0 Å². The number of carbonyl (C=O) groups is 5. The van der Waals surface area contributed by atoms with E-state index in [0.29, 0.717) is 36.5 Å². The van der Waals surface area contributed by atoms with E-state index in [1.165, 1.54) is 9.80 Å². The summed E-state index contributed by atoms with van der Waals surface area (Å²) >= 11 is 6.48. The van der Waals surface area contributed by atoms with Crippen LogP contribution in [0.2, 0.25) is 5.02 Å². The largest absolute Gasteiger partial charge is 0.444 e. The van der Waals surface area contributed by atoms with Crippen molar-refractivity contribution in [2.75, 3.05) is 26.2 Å². The molecule has 2 fully saturated rings. The second kappa shape index (κ2) is 13.8. The first-order valence-corrected chi connectivity index (χ1v) is 14.0. The lowest BCUT2D eigenvalue weighted by atomic mass is 10.0. The molecule has 11 heteroatoms. The summed E-state index contributed by atoms with van der Waals surface area (Å²) in [4.78, 5) is 64.4. The number of carbonyl (C=O) groups excluding carboxylic acids is 5. The number of amides is 5. The Morgan fingerprint density at radius 3 is 2.54 bits per heavy atom. The number of halogens is 1. The van der Waals surface area contributed by atoms with Gasteiger partial charge in [0.05, 0.1) is 0 Å². The number of nitrogens with zero attached hydrogens (tertiary/aromatic N) is 2. The van der Waals surface area contributed by atoms with Gasteiger partial charge in [-0.1, -0.05) is 30.5 Å². The van der Waals surface area contributed by atoms with E-state index in [4.69, 9.17) is 16.3 Å². The van der Waals surface area contributed by atoms with Gasteiger partial charge in [0.1, 0.15) is 18.2 Å². The second-order valence-electron chi connectivity index (χ2n) is 11.0. The number of nitrogens with one attached hydrogen (secondary N) is 2. The summed E-state index contributed by atoms with van der Waals surface area (Å²) in [5.74, 6) is -1.37. The molecule has 214 valence electrons. The number of piperazine rings is 1. The molecule has 2 aliphatic rings. The van der Waals surface area contributed by atoms with E-state index < -0.39 is 23.6 Å². The van der Waals surface area contributed by atoms with E-state index >= 15 is 0 Å². The maximum absolute atomic E-state index is 13.1. The first kappa shape index (κ1) is 30.4. The second-order valence-corrected chi connectivity index (χ2v) is 11.4. The smallest absolute Gasteiger partial charge is 0.407 e. The molecule has 2 saturated heterocycles. The number of imide groups is 1. The van der Waals surface area contributed by atoms with Crippen LogP contribution >= 0.6 is 11.6 Å². The lowest BCUT2D eigenvalue weighted by Crippen LogP contribution is -2.58. The molecule has 0 aromatic heterocycles. The normalized spacial score (nSPS) is 18.5. The zero-order valence-electron chi connectivity index (χ0n) is 23.0. The van der Waals surface area contributed by atoms with Crippen molar-refractivity contribution < 1.29 is 28.7 Å². The van der Waals surface area contributed by atoms with Crippen LogP contribution < -0.4 is 10.6 Å². The molecule has 0 bridgehead atoms. The molecule has 5 amide bonds. The number of aryl methyl sites for hydroxylation is 1. The van der Waals surface area contributed by atoms with Gasteiger partial charge in [-0.05, 0) is 70.6 Å². The average Bonchev–Trinajstić information content (AvgIpc) is 3.02. The Balaban J connectivity index is 1.42. The fraction of sp³-hybridized carbons (Fsp3) is 0.607. The van der Waals surface area contributed by atoms with Crippen molar-refractivity contribution in [3.63, 3.8) is 0 Å². The molecule has 0 saturated carbocycles. The molecule has 39 heavy (non-hydrogen) atoms. The van der Waals surface area contributed by atoms with Crippen LogP contribution in [0.4, 0.5) is 4.79 Å². The maximum Gasteiger partial charge on any atom is 0.407 e. The zero-order chi connectivity index (χ0) is 28.6. The molecule has 3 rings (SSSR count). The number of benzene rings is 1. The van der Waals surface area contributed by atoms with Gasteiger partial charge in [-0.25, -0.2) is 4.79 Å². The van der Waals surface area contributed by atoms with Gasteiger partial charge in [-0.3, -0.25) is 24.5 Å². The number of hydrogen-bond donors (Lipinski definition) is 2. The summed E-state index contributed by atoms with van der Waals surface area (Å²) in [6.07, 6.45) is 5.32. The van der Waals surface area contributed by atoms with Crippen molar-refractivity contribution in [3.8, 4) is 0 Å². The number of rotatable bonds is 9. The van der Waals surface area contributed by atoms with Crippen molar-refractivity contribution in [3.05, 3.63) is 34.3 Å². The lowest BCUT2D eigenvalue weighted by molar-refractivity contribution is -0.144. The molecular weight excluding hydrogens is 524 g/mol. The predicted molar refractivity (Wildman–Crippen MR) is 146 cm³/mol. The summed E-state index contributed by atoms with van der Waals surface area (Å²) in [5.41, 5.74) is 0.860. The highest BCUT2D eigenvalue weighted by molar-refractivity contribution is 6.31. The fourth-order valence-corrected chi connectivity index (χ4v) is 5.00. The van der Waals surface area contributed by atoms with Crippen LogP contribution in [-0.2, 0) is 25.5 Å². The van der Waals surface area contributed by atoms with Gasteiger partial charge < -0.3 is 19.9 Å². The van der Waals surface area contributed by atoms with Crippen molar-refractivity contribution in [2.24, 2.45) is 0 Å². The monoisotopic (exact) mass is 562 g/mol. The molecule has 1 unspecified atom stereocenters. The molecule has 2 heterocycles. The lowest BCUT2D eigenvalue weighted by Gasteiger charge is -2.38. The van der Waals surface area contributed by atoms with E-state index in [-0.39, 0.29) is 37.2 Å². The highest BCUT2D eigenvalue weighted by Crippen LogP contribution is 2.23. The molecule has 2 aliphatic heterocycles. The van der Waals surface area contributed by atoms with Gasteiger partial charge >= 0.3 is 6.09 Å². The van der Waals surface area contributed by atoms with Gasteiger partial charge in [0.15, 0.2) is 0 Å². The standard InChI is InChI=1S/C28H39ClN4O6/c1-28(2,3)39-27(38)30-14-7-5-4-6-9-19-12-13-20(17-21(19)29)26(37)32-15-16-33(24(35)18-32)22-10-8-11-23(34)31-25(22)36/h12-13,17,22H,4-11,14-16,18H2,1-3H3,(H,30,38)(H,31,34,36). The third-order valence-corrected chi connectivity index (χ3v) is 7.06. The summed E-state index contributed by atoms with van der Waals surface area (Å²) < 4.78 is 5.21. The number of unbranched alkanes of at least 4 members (excludes halogenated alkanes) is 3. The fourth-order valence-electron chi connectivity index (χ4n) is 4.72.